The van der Waals surface area contributed by atoms with E-state index in [1.807, 2.05) is 14.1 Å². The highest BCUT2D eigenvalue weighted by Gasteiger charge is 2.12. The molecular formula is C15H23ClN2O. The Morgan fingerprint density at radius 3 is 2.26 bits per heavy atom. The van der Waals surface area contributed by atoms with Gasteiger partial charge in [-0.25, -0.2) is 0 Å². The van der Waals surface area contributed by atoms with E-state index < -0.39 is 0 Å². The first-order chi connectivity index (χ1) is 9.02. The Hall–Kier alpha value is -0.900. The lowest BCUT2D eigenvalue weighted by Crippen LogP contribution is -2.36. The Bertz CT molecular complexity index is 390. The summed E-state index contributed by atoms with van der Waals surface area (Å²) in [6, 6.07) is 7.11. The molecule has 0 spiro atoms. The fraction of sp³-hybridized carbons (Fsp3) is 0.533. The third kappa shape index (κ3) is 6.19. The first-order valence-electron chi connectivity index (χ1n) is 6.68. The lowest BCUT2D eigenvalue weighted by Gasteiger charge is -2.22. The van der Waals surface area contributed by atoms with Crippen LogP contribution < -0.4 is 0 Å². The Balaban J connectivity index is 2.57. The van der Waals surface area contributed by atoms with E-state index in [9.17, 15) is 4.79 Å². The summed E-state index contributed by atoms with van der Waals surface area (Å²) >= 11 is 5.83. The van der Waals surface area contributed by atoms with Gasteiger partial charge >= 0.3 is 0 Å². The zero-order chi connectivity index (χ0) is 14.3. The summed E-state index contributed by atoms with van der Waals surface area (Å²) in [5, 5.41) is 0.662. The summed E-state index contributed by atoms with van der Waals surface area (Å²) in [6.07, 6.45) is 1.06. The molecule has 4 heteroatoms. The Morgan fingerprint density at radius 1 is 1.11 bits per heavy atom. The zero-order valence-electron chi connectivity index (χ0n) is 12.0. The molecule has 0 aliphatic rings. The molecule has 0 N–H and O–H groups in total. The maximum absolute atomic E-state index is 12.2. The standard InChI is InChI=1S/C15H23ClN2O/c1-4-9-18(11-10-17(2)3)12-15(19)13-5-7-14(16)8-6-13/h5-8H,4,9-12H2,1-3H3. The van der Waals surface area contributed by atoms with E-state index in [0.29, 0.717) is 11.6 Å². The average molecular weight is 283 g/mol. The number of carbonyl (C=O) groups is 1. The van der Waals surface area contributed by atoms with Crippen LogP contribution in [0.3, 0.4) is 0 Å². The molecule has 0 aromatic heterocycles. The van der Waals surface area contributed by atoms with Crippen molar-refractivity contribution >= 4 is 17.4 Å². The molecule has 106 valence electrons. The second-order valence-electron chi connectivity index (χ2n) is 5.01. The van der Waals surface area contributed by atoms with Crippen molar-refractivity contribution in [3.63, 3.8) is 0 Å². The normalized spacial score (nSPS) is 11.3. The third-order valence-electron chi connectivity index (χ3n) is 2.94. The molecule has 0 atom stereocenters. The zero-order valence-corrected chi connectivity index (χ0v) is 12.8. The summed E-state index contributed by atoms with van der Waals surface area (Å²) in [5.41, 5.74) is 0.732. The van der Waals surface area contributed by atoms with Gasteiger partial charge < -0.3 is 4.90 Å². The molecule has 19 heavy (non-hydrogen) atoms. The minimum atomic E-state index is 0.156. The number of nitrogens with zero attached hydrogens (tertiary/aromatic N) is 2. The topological polar surface area (TPSA) is 23.6 Å². The SMILES string of the molecule is CCCN(CCN(C)C)CC(=O)c1ccc(Cl)cc1. The largest absolute Gasteiger partial charge is 0.308 e. The molecule has 1 rings (SSSR count). The van der Waals surface area contributed by atoms with E-state index in [2.05, 4.69) is 16.7 Å². The van der Waals surface area contributed by atoms with Gasteiger partial charge in [0.1, 0.15) is 0 Å². The minimum absolute atomic E-state index is 0.156. The number of hydrogen-bond acceptors (Lipinski definition) is 3. The summed E-state index contributed by atoms with van der Waals surface area (Å²) in [6.45, 7) is 5.44. The van der Waals surface area contributed by atoms with Crippen LogP contribution in [0.15, 0.2) is 24.3 Å². The lowest BCUT2D eigenvalue weighted by atomic mass is 10.1. The van der Waals surface area contributed by atoms with Crippen LogP contribution in [0.2, 0.25) is 5.02 Å². The van der Waals surface area contributed by atoms with Crippen LogP contribution in [0.1, 0.15) is 23.7 Å². The molecule has 1 aromatic carbocycles. The van der Waals surface area contributed by atoms with Gasteiger partial charge in [0.25, 0.3) is 0 Å². The average Bonchev–Trinajstić information content (AvgIpc) is 2.37. The summed E-state index contributed by atoms with van der Waals surface area (Å²) in [4.78, 5) is 16.5. The predicted octanol–water partition coefficient (Wildman–Crippen LogP) is 2.80. The maximum Gasteiger partial charge on any atom is 0.176 e. The Morgan fingerprint density at radius 2 is 1.74 bits per heavy atom. The van der Waals surface area contributed by atoms with Gasteiger partial charge in [0.15, 0.2) is 5.78 Å². The molecule has 3 nitrogen and oxygen atoms in total. The molecule has 0 saturated carbocycles. The number of rotatable bonds is 8. The quantitative estimate of drug-likeness (QED) is 0.685. The number of ketones is 1. The number of halogens is 1. The molecule has 0 heterocycles. The molecular weight excluding hydrogens is 260 g/mol. The first-order valence-corrected chi connectivity index (χ1v) is 7.06. The third-order valence-corrected chi connectivity index (χ3v) is 3.19. The molecule has 0 fully saturated rings. The number of hydrogen-bond donors (Lipinski definition) is 0. The van der Waals surface area contributed by atoms with Crippen LogP contribution in [0.4, 0.5) is 0 Å². The molecule has 0 unspecified atom stereocenters. The molecule has 0 amide bonds. The molecule has 0 saturated heterocycles. The maximum atomic E-state index is 12.2. The van der Waals surface area contributed by atoms with Gasteiger partial charge in [-0.1, -0.05) is 18.5 Å². The molecule has 1 aromatic rings. The number of Topliss-reactive ketones (excluding diaryl/α,β-unsaturated/α-hetero) is 1. The van der Waals surface area contributed by atoms with Gasteiger partial charge in [-0.2, -0.15) is 0 Å². The van der Waals surface area contributed by atoms with Gasteiger partial charge in [-0.15, -0.1) is 0 Å². The number of likely N-dealkylation sites (N-methyl/N-ethyl adjacent to an activating group) is 1. The second-order valence-corrected chi connectivity index (χ2v) is 5.45. The Kier molecular flexibility index (Phi) is 7.06. The van der Waals surface area contributed by atoms with E-state index in [1.165, 1.54) is 0 Å². The van der Waals surface area contributed by atoms with Gasteiger partial charge in [-0.3, -0.25) is 9.69 Å². The smallest absolute Gasteiger partial charge is 0.176 e. The van der Waals surface area contributed by atoms with Crippen LogP contribution in [-0.4, -0.2) is 55.9 Å². The van der Waals surface area contributed by atoms with Crippen molar-refractivity contribution in [2.45, 2.75) is 13.3 Å². The number of benzene rings is 1. The summed E-state index contributed by atoms with van der Waals surface area (Å²) in [7, 11) is 4.09. The van der Waals surface area contributed by atoms with Crippen molar-refractivity contribution in [2.75, 3.05) is 40.3 Å². The van der Waals surface area contributed by atoms with E-state index in [1.54, 1.807) is 24.3 Å². The second kappa shape index (κ2) is 8.31. The van der Waals surface area contributed by atoms with Crippen LogP contribution >= 0.6 is 11.6 Å². The van der Waals surface area contributed by atoms with Crippen molar-refractivity contribution in [1.82, 2.24) is 9.80 Å². The summed E-state index contributed by atoms with van der Waals surface area (Å²) < 4.78 is 0. The highest BCUT2D eigenvalue weighted by Crippen LogP contribution is 2.10. The van der Waals surface area contributed by atoms with Crippen LogP contribution in [-0.2, 0) is 0 Å². The van der Waals surface area contributed by atoms with Gasteiger partial charge in [0.2, 0.25) is 0 Å². The van der Waals surface area contributed by atoms with Crippen molar-refractivity contribution in [2.24, 2.45) is 0 Å². The van der Waals surface area contributed by atoms with Crippen molar-refractivity contribution in [1.29, 1.82) is 0 Å². The fourth-order valence-electron chi connectivity index (χ4n) is 1.86. The van der Waals surface area contributed by atoms with E-state index >= 15 is 0 Å². The highest BCUT2D eigenvalue weighted by molar-refractivity contribution is 6.30. The first kappa shape index (κ1) is 16.2. The van der Waals surface area contributed by atoms with Crippen LogP contribution in [0, 0.1) is 0 Å². The number of carbonyl (C=O) groups excluding carboxylic acids is 1. The highest BCUT2D eigenvalue weighted by atomic mass is 35.5. The van der Waals surface area contributed by atoms with Crippen LogP contribution in [0.5, 0.6) is 0 Å². The van der Waals surface area contributed by atoms with Crippen molar-refractivity contribution < 1.29 is 4.79 Å². The van der Waals surface area contributed by atoms with Crippen molar-refractivity contribution in [3.8, 4) is 0 Å². The molecule has 0 bridgehead atoms. The molecule has 0 aliphatic carbocycles. The fourth-order valence-corrected chi connectivity index (χ4v) is 1.98. The van der Waals surface area contributed by atoms with E-state index in [-0.39, 0.29) is 5.78 Å². The lowest BCUT2D eigenvalue weighted by molar-refractivity contribution is 0.0925. The van der Waals surface area contributed by atoms with Crippen LogP contribution in [0.25, 0.3) is 0 Å². The molecule has 0 radical (unpaired) electrons. The Labute approximate surface area is 121 Å². The minimum Gasteiger partial charge on any atom is -0.308 e. The van der Waals surface area contributed by atoms with Gasteiger partial charge in [0.05, 0.1) is 6.54 Å². The summed E-state index contributed by atoms with van der Waals surface area (Å²) in [5.74, 6) is 0.156. The van der Waals surface area contributed by atoms with Gasteiger partial charge in [0, 0.05) is 23.7 Å². The van der Waals surface area contributed by atoms with E-state index in [0.717, 1.165) is 31.6 Å². The van der Waals surface area contributed by atoms with Crippen molar-refractivity contribution in [3.05, 3.63) is 34.9 Å². The predicted molar refractivity (Wildman–Crippen MR) is 81.1 cm³/mol. The molecule has 0 aliphatic heterocycles. The van der Waals surface area contributed by atoms with Gasteiger partial charge in [-0.05, 0) is 51.3 Å². The van der Waals surface area contributed by atoms with E-state index in [4.69, 9.17) is 11.6 Å². The monoisotopic (exact) mass is 282 g/mol.